The van der Waals surface area contributed by atoms with E-state index in [4.69, 9.17) is 14.3 Å². The van der Waals surface area contributed by atoms with Gasteiger partial charge in [0.25, 0.3) is 0 Å². The number of fused-ring (bicyclic) bond motifs is 1. The van der Waals surface area contributed by atoms with Crippen LogP contribution in [0.2, 0.25) is 0 Å². The minimum absolute atomic E-state index is 0.109. The maximum atomic E-state index is 12.2. The average Bonchev–Trinajstić information content (AvgIpc) is 2.97. The number of nitrogens with one attached hydrogen (secondary N) is 1. The van der Waals surface area contributed by atoms with Gasteiger partial charge >= 0.3 is 12.1 Å². The quantitative estimate of drug-likeness (QED) is 0.801. The SMILES string of the molecule is CCOC(=O)[C@@H]1C[C@H]2ON=C(CC)[C@H]2[C@@H]1NC(=O)OC(C)(C)C. The van der Waals surface area contributed by atoms with Gasteiger partial charge in [0, 0.05) is 6.42 Å². The number of oxime groups is 1. The first-order valence-corrected chi connectivity index (χ1v) is 8.15. The van der Waals surface area contributed by atoms with Crippen LogP contribution in [0.4, 0.5) is 4.79 Å². The van der Waals surface area contributed by atoms with Gasteiger partial charge in [0.15, 0.2) is 0 Å². The molecule has 1 saturated carbocycles. The summed E-state index contributed by atoms with van der Waals surface area (Å²) in [5.41, 5.74) is 0.262. The van der Waals surface area contributed by atoms with Crippen molar-refractivity contribution in [2.45, 2.75) is 65.2 Å². The Balaban J connectivity index is 2.16. The molecule has 130 valence electrons. The summed E-state index contributed by atoms with van der Waals surface area (Å²) in [6, 6.07) is -0.421. The summed E-state index contributed by atoms with van der Waals surface area (Å²) in [6.45, 7) is 9.44. The van der Waals surface area contributed by atoms with Gasteiger partial charge in [-0.15, -0.1) is 0 Å². The Labute approximate surface area is 136 Å². The van der Waals surface area contributed by atoms with Crippen LogP contribution in [0, 0.1) is 11.8 Å². The van der Waals surface area contributed by atoms with Crippen LogP contribution in [0.3, 0.4) is 0 Å². The number of rotatable bonds is 4. The first kappa shape index (κ1) is 17.6. The smallest absolute Gasteiger partial charge is 0.407 e. The Morgan fingerprint density at radius 3 is 2.61 bits per heavy atom. The van der Waals surface area contributed by atoms with E-state index in [0.29, 0.717) is 19.4 Å². The van der Waals surface area contributed by atoms with E-state index in [1.165, 1.54) is 0 Å². The summed E-state index contributed by atoms with van der Waals surface area (Å²) in [7, 11) is 0. The molecule has 4 atom stereocenters. The second-order valence-corrected chi connectivity index (χ2v) is 6.87. The molecule has 0 bridgehead atoms. The Morgan fingerprint density at radius 2 is 2.04 bits per heavy atom. The molecular formula is C16H26N2O5. The number of hydrogen-bond acceptors (Lipinski definition) is 6. The van der Waals surface area contributed by atoms with Crippen molar-refractivity contribution in [1.82, 2.24) is 5.32 Å². The van der Waals surface area contributed by atoms with Crippen molar-refractivity contribution in [2.75, 3.05) is 6.61 Å². The van der Waals surface area contributed by atoms with E-state index in [0.717, 1.165) is 5.71 Å². The van der Waals surface area contributed by atoms with Crippen LogP contribution < -0.4 is 5.32 Å². The van der Waals surface area contributed by atoms with Gasteiger partial charge in [-0.1, -0.05) is 12.1 Å². The molecule has 1 N–H and O–H groups in total. The number of nitrogens with zero attached hydrogens (tertiary/aromatic N) is 1. The molecule has 0 saturated heterocycles. The zero-order valence-corrected chi connectivity index (χ0v) is 14.4. The van der Waals surface area contributed by atoms with E-state index in [1.807, 2.05) is 6.92 Å². The lowest BCUT2D eigenvalue weighted by atomic mass is 9.92. The first-order chi connectivity index (χ1) is 10.8. The lowest BCUT2D eigenvalue weighted by Crippen LogP contribution is -2.48. The molecule has 1 amide bonds. The van der Waals surface area contributed by atoms with Crippen LogP contribution in [0.15, 0.2) is 5.16 Å². The molecule has 7 heteroatoms. The van der Waals surface area contributed by atoms with Gasteiger partial charge in [-0.2, -0.15) is 0 Å². The standard InChI is InChI=1S/C16H26N2O5/c1-6-10-12-11(23-18-10)8-9(14(19)21-7-2)13(12)17-15(20)22-16(3,4)5/h9,11-13H,6-8H2,1-5H3,(H,17,20)/t9-,11-,12-,13-/m1/s1. The monoisotopic (exact) mass is 326 g/mol. The fraction of sp³-hybridized carbons (Fsp3) is 0.812. The lowest BCUT2D eigenvalue weighted by Gasteiger charge is -2.26. The predicted octanol–water partition coefficient (Wildman–Crippen LogP) is 2.24. The molecule has 23 heavy (non-hydrogen) atoms. The summed E-state index contributed by atoms with van der Waals surface area (Å²) >= 11 is 0. The predicted molar refractivity (Wildman–Crippen MR) is 84.0 cm³/mol. The highest BCUT2D eigenvalue weighted by atomic mass is 16.6. The Morgan fingerprint density at radius 1 is 1.35 bits per heavy atom. The molecule has 2 rings (SSSR count). The number of carbonyl (C=O) groups excluding carboxylic acids is 2. The molecule has 1 aliphatic carbocycles. The molecule has 0 aromatic heterocycles. The number of carbonyl (C=O) groups is 2. The number of alkyl carbamates (subject to hydrolysis) is 1. The molecule has 1 aliphatic heterocycles. The van der Waals surface area contributed by atoms with Gasteiger partial charge in [0.2, 0.25) is 0 Å². The van der Waals surface area contributed by atoms with Gasteiger partial charge in [-0.3, -0.25) is 4.79 Å². The van der Waals surface area contributed by atoms with E-state index < -0.39 is 23.7 Å². The van der Waals surface area contributed by atoms with E-state index >= 15 is 0 Å². The van der Waals surface area contributed by atoms with Gasteiger partial charge in [0.1, 0.15) is 11.7 Å². The van der Waals surface area contributed by atoms with E-state index in [-0.39, 0.29) is 18.0 Å². The molecule has 7 nitrogen and oxygen atoms in total. The van der Waals surface area contributed by atoms with Crippen molar-refractivity contribution in [2.24, 2.45) is 17.0 Å². The largest absolute Gasteiger partial charge is 0.466 e. The maximum absolute atomic E-state index is 12.2. The highest BCUT2D eigenvalue weighted by Gasteiger charge is 2.53. The fourth-order valence-corrected chi connectivity index (χ4v) is 3.18. The number of hydrogen-bond donors (Lipinski definition) is 1. The van der Waals surface area contributed by atoms with Crippen LogP contribution in [0.1, 0.15) is 47.5 Å². The van der Waals surface area contributed by atoms with Crippen LogP contribution in [0.25, 0.3) is 0 Å². The number of amides is 1. The normalized spacial score (nSPS) is 29.3. The first-order valence-electron chi connectivity index (χ1n) is 8.15. The van der Waals surface area contributed by atoms with Crippen molar-refractivity contribution < 1.29 is 23.9 Å². The zero-order valence-electron chi connectivity index (χ0n) is 14.4. The lowest BCUT2D eigenvalue weighted by molar-refractivity contribution is -0.148. The fourth-order valence-electron chi connectivity index (χ4n) is 3.18. The summed E-state index contributed by atoms with van der Waals surface area (Å²) in [4.78, 5) is 29.8. The molecule has 0 aromatic rings. The Kier molecular flexibility index (Phi) is 5.16. The average molecular weight is 326 g/mol. The Hall–Kier alpha value is -1.79. The van der Waals surface area contributed by atoms with Crippen molar-refractivity contribution in [1.29, 1.82) is 0 Å². The molecular weight excluding hydrogens is 300 g/mol. The molecule has 0 radical (unpaired) electrons. The molecule has 2 aliphatic rings. The minimum Gasteiger partial charge on any atom is -0.466 e. The topological polar surface area (TPSA) is 86.2 Å². The van der Waals surface area contributed by atoms with E-state index in [2.05, 4.69) is 10.5 Å². The van der Waals surface area contributed by atoms with Crippen molar-refractivity contribution in [3.05, 3.63) is 0 Å². The summed E-state index contributed by atoms with van der Waals surface area (Å²) in [5.74, 6) is -0.876. The summed E-state index contributed by atoms with van der Waals surface area (Å²) < 4.78 is 10.5. The van der Waals surface area contributed by atoms with Crippen molar-refractivity contribution >= 4 is 17.8 Å². The van der Waals surface area contributed by atoms with Crippen LogP contribution >= 0.6 is 0 Å². The van der Waals surface area contributed by atoms with Gasteiger partial charge < -0.3 is 19.6 Å². The molecule has 1 heterocycles. The van der Waals surface area contributed by atoms with Gasteiger partial charge in [-0.05, 0) is 34.1 Å². The van der Waals surface area contributed by atoms with Crippen LogP contribution in [0.5, 0.6) is 0 Å². The highest BCUT2D eigenvalue weighted by molar-refractivity contribution is 5.91. The zero-order chi connectivity index (χ0) is 17.2. The highest BCUT2D eigenvalue weighted by Crippen LogP contribution is 2.40. The summed E-state index contributed by atoms with van der Waals surface area (Å²) in [5, 5.41) is 6.92. The number of ether oxygens (including phenoxy) is 2. The third-order valence-corrected chi connectivity index (χ3v) is 4.03. The van der Waals surface area contributed by atoms with E-state index in [9.17, 15) is 9.59 Å². The third kappa shape index (κ3) is 3.95. The minimum atomic E-state index is -0.602. The second-order valence-electron chi connectivity index (χ2n) is 6.87. The van der Waals surface area contributed by atoms with Crippen LogP contribution in [-0.4, -0.2) is 42.1 Å². The molecule has 0 spiro atoms. The summed E-state index contributed by atoms with van der Waals surface area (Å²) in [6.07, 6.45) is 0.458. The molecule has 0 unspecified atom stereocenters. The third-order valence-electron chi connectivity index (χ3n) is 4.03. The maximum Gasteiger partial charge on any atom is 0.407 e. The van der Waals surface area contributed by atoms with Gasteiger partial charge in [-0.25, -0.2) is 4.79 Å². The van der Waals surface area contributed by atoms with Crippen LogP contribution in [-0.2, 0) is 19.1 Å². The Bertz CT molecular complexity index is 497. The molecule has 1 fully saturated rings. The van der Waals surface area contributed by atoms with Crippen molar-refractivity contribution in [3.8, 4) is 0 Å². The second kappa shape index (κ2) is 6.76. The number of esters is 1. The van der Waals surface area contributed by atoms with E-state index in [1.54, 1.807) is 27.7 Å². The van der Waals surface area contributed by atoms with Crippen molar-refractivity contribution in [3.63, 3.8) is 0 Å². The van der Waals surface area contributed by atoms with Gasteiger partial charge in [0.05, 0.1) is 30.2 Å². The molecule has 0 aromatic carbocycles.